The van der Waals surface area contributed by atoms with Gasteiger partial charge in [-0.3, -0.25) is 4.79 Å². The third kappa shape index (κ3) is 0.386. The number of hydrogen-bond acceptors (Lipinski definition) is 2. The zero-order valence-corrected chi connectivity index (χ0v) is 5.69. The minimum atomic E-state index is 0.326. The summed E-state index contributed by atoms with van der Waals surface area (Å²) < 4.78 is 5.03. The molecule has 0 aliphatic heterocycles. The molecule has 3 atom stereocenters. The van der Waals surface area contributed by atoms with Crippen LogP contribution in [0, 0.1) is 23.7 Å². The van der Waals surface area contributed by atoms with Gasteiger partial charge < -0.3 is 4.74 Å². The Morgan fingerprint density at radius 1 is 1.30 bits per heavy atom. The molecular formula is C8H10O2. The van der Waals surface area contributed by atoms with E-state index in [1.807, 2.05) is 0 Å². The molecule has 54 valence electrons. The summed E-state index contributed by atoms with van der Waals surface area (Å²) in [5.41, 5.74) is 0. The molecule has 0 aromatic heterocycles. The third-order valence-electron chi connectivity index (χ3n) is 3.60. The van der Waals surface area contributed by atoms with Crippen LogP contribution in [0.4, 0.5) is 0 Å². The van der Waals surface area contributed by atoms with Gasteiger partial charge in [0, 0.05) is 5.92 Å². The maximum atomic E-state index is 10.1. The monoisotopic (exact) mass is 138 g/mol. The lowest BCUT2D eigenvalue weighted by Crippen LogP contribution is -2.15. The molecule has 0 saturated heterocycles. The Labute approximate surface area is 59.6 Å². The molecule has 4 fully saturated rings. The highest BCUT2D eigenvalue weighted by molar-refractivity contribution is 5.39. The van der Waals surface area contributed by atoms with Gasteiger partial charge >= 0.3 is 0 Å². The average Bonchev–Trinajstić information content (AvgIpc) is 2.38. The molecule has 0 aromatic rings. The van der Waals surface area contributed by atoms with E-state index in [1.54, 1.807) is 0 Å². The molecule has 4 bridgehead atoms. The molecule has 4 rings (SSSR count). The number of ether oxygens (including phenoxy) is 1. The second-order valence-corrected chi connectivity index (χ2v) is 3.83. The second kappa shape index (κ2) is 1.39. The first kappa shape index (κ1) is 5.16. The largest absolute Gasteiger partial charge is 0.464 e. The molecule has 2 heteroatoms. The standard InChI is InChI=1S/C8H10O2/c9-3-10-8-4-1-5-6(2-4)7(5)8/h3-8H,1-2H2/t4?,5-,6-,7?,8+/m0/s1. The van der Waals surface area contributed by atoms with Crippen molar-refractivity contribution in [2.45, 2.75) is 18.9 Å². The number of carbonyl (C=O) groups is 1. The summed E-state index contributed by atoms with van der Waals surface area (Å²) in [6.45, 7) is 0.626. The van der Waals surface area contributed by atoms with Gasteiger partial charge in [0.2, 0.25) is 0 Å². The van der Waals surface area contributed by atoms with Crippen molar-refractivity contribution in [2.24, 2.45) is 23.7 Å². The predicted octanol–water partition coefficient (Wildman–Crippen LogP) is 0.814. The lowest BCUT2D eigenvalue weighted by atomic mass is 10.1. The molecule has 0 amide bonds. The summed E-state index contributed by atoms with van der Waals surface area (Å²) in [4.78, 5) is 10.1. The van der Waals surface area contributed by atoms with Crippen LogP contribution in [0.2, 0.25) is 0 Å². The van der Waals surface area contributed by atoms with Crippen LogP contribution in [0.5, 0.6) is 0 Å². The molecule has 0 heterocycles. The van der Waals surface area contributed by atoms with E-state index in [2.05, 4.69) is 0 Å². The van der Waals surface area contributed by atoms with Crippen molar-refractivity contribution in [1.29, 1.82) is 0 Å². The van der Waals surface area contributed by atoms with E-state index in [1.165, 1.54) is 12.8 Å². The molecule has 0 unspecified atom stereocenters. The van der Waals surface area contributed by atoms with Gasteiger partial charge in [-0.05, 0) is 30.6 Å². The Bertz CT molecular complexity index is 176. The molecule has 0 radical (unpaired) electrons. The van der Waals surface area contributed by atoms with Crippen LogP contribution < -0.4 is 0 Å². The summed E-state index contributed by atoms with van der Waals surface area (Å²) in [7, 11) is 0. The maximum absolute atomic E-state index is 10.1. The molecule has 0 N–H and O–H groups in total. The number of carbonyl (C=O) groups excluding carboxylic acids is 1. The first-order valence-electron chi connectivity index (χ1n) is 4.01. The highest BCUT2D eigenvalue weighted by Gasteiger charge is 2.69. The summed E-state index contributed by atoms with van der Waals surface area (Å²) in [6.07, 6.45) is 3.01. The topological polar surface area (TPSA) is 26.3 Å². The van der Waals surface area contributed by atoms with Crippen molar-refractivity contribution in [3.8, 4) is 0 Å². The first-order valence-corrected chi connectivity index (χ1v) is 4.01. The van der Waals surface area contributed by atoms with Crippen molar-refractivity contribution in [2.75, 3.05) is 0 Å². The fourth-order valence-corrected chi connectivity index (χ4v) is 3.27. The Kier molecular flexibility index (Phi) is 0.715. The molecule has 4 aliphatic rings. The predicted molar refractivity (Wildman–Crippen MR) is 34.1 cm³/mol. The third-order valence-corrected chi connectivity index (χ3v) is 3.60. The molecule has 2 nitrogen and oxygen atoms in total. The van der Waals surface area contributed by atoms with Crippen LogP contribution in [0.15, 0.2) is 0 Å². The van der Waals surface area contributed by atoms with E-state index in [9.17, 15) is 4.79 Å². The molecule has 0 spiro atoms. The summed E-state index contributed by atoms with van der Waals surface area (Å²) in [6, 6.07) is 0. The van der Waals surface area contributed by atoms with Gasteiger partial charge in [-0.15, -0.1) is 0 Å². The van der Waals surface area contributed by atoms with E-state index in [0.717, 1.165) is 23.7 Å². The van der Waals surface area contributed by atoms with Gasteiger partial charge in [-0.25, -0.2) is 0 Å². The molecule has 4 saturated carbocycles. The van der Waals surface area contributed by atoms with E-state index < -0.39 is 0 Å². The fourth-order valence-electron chi connectivity index (χ4n) is 3.27. The molecule has 0 aromatic carbocycles. The van der Waals surface area contributed by atoms with Gasteiger partial charge in [0.1, 0.15) is 6.10 Å². The maximum Gasteiger partial charge on any atom is 0.293 e. The van der Waals surface area contributed by atoms with E-state index in [0.29, 0.717) is 12.6 Å². The lowest BCUT2D eigenvalue weighted by molar-refractivity contribution is -0.135. The summed E-state index contributed by atoms with van der Waals surface area (Å²) in [5.74, 6) is 3.44. The van der Waals surface area contributed by atoms with Crippen molar-refractivity contribution < 1.29 is 9.53 Å². The van der Waals surface area contributed by atoms with Crippen LogP contribution >= 0.6 is 0 Å². The Morgan fingerprint density at radius 3 is 2.40 bits per heavy atom. The van der Waals surface area contributed by atoms with Gasteiger partial charge in [-0.1, -0.05) is 0 Å². The zero-order chi connectivity index (χ0) is 6.72. The van der Waals surface area contributed by atoms with Crippen LogP contribution in [0.25, 0.3) is 0 Å². The zero-order valence-electron chi connectivity index (χ0n) is 5.69. The van der Waals surface area contributed by atoms with Crippen molar-refractivity contribution in [1.82, 2.24) is 0 Å². The molecular weight excluding hydrogens is 128 g/mol. The van der Waals surface area contributed by atoms with Crippen molar-refractivity contribution in [3.05, 3.63) is 0 Å². The Balaban J connectivity index is 1.84. The van der Waals surface area contributed by atoms with Crippen LogP contribution in [0.3, 0.4) is 0 Å². The SMILES string of the molecule is O=CO[C@@H]1C2C[C@@H]3C1[C@H]3C2. The lowest BCUT2D eigenvalue weighted by Gasteiger charge is -2.10. The summed E-state index contributed by atoms with van der Waals surface area (Å²) >= 11 is 0. The Hall–Kier alpha value is -0.530. The van der Waals surface area contributed by atoms with Crippen molar-refractivity contribution >= 4 is 6.47 Å². The van der Waals surface area contributed by atoms with E-state index >= 15 is 0 Å². The molecule has 10 heavy (non-hydrogen) atoms. The quantitative estimate of drug-likeness (QED) is 0.528. The van der Waals surface area contributed by atoms with Crippen molar-refractivity contribution in [3.63, 3.8) is 0 Å². The smallest absolute Gasteiger partial charge is 0.293 e. The number of hydrogen-bond donors (Lipinski definition) is 0. The highest BCUT2D eigenvalue weighted by Crippen LogP contribution is 2.71. The number of rotatable bonds is 2. The summed E-state index contributed by atoms with van der Waals surface area (Å²) in [5, 5.41) is 0. The van der Waals surface area contributed by atoms with Gasteiger partial charge in [-0.2, -0.15) is 0 Å². The fraction of sp³-hybridized carbons (Fsp3) is 0.875. The normalized spacial score (nSPS) is 60.6. The average molecular weight is 138 g/mol. The van der Waals surface area contributed by atoms with Crippen LogP contribution in [-0.4, -0.2) is 12.6 Å². The van der Waals surface area contributed by atoms with Gasteiger partial charge in [0.25, 0.3) is 6.47 Å². The second-order valence-electron chi connectivity index (χ2n) is 3.83. The van der Waals surface area contributed by atoms with Crippen LogP contribution in [-0.2, 0) is 9.53 Å². The minimum Gasteiger partial charge on any atom is -0.464 e. The van der Waals surface area contributed by atoms with Gasteiger partial charge in [0.15, 0.2) is 0 Å². The highest BCUT2D eigenvalue weighted by atomic mass is 16.5. The Morgan fingerprint density at radius 2 is 2.00 bits per heavy atom. The van der Waals surface area contributed by atoms with E-state index in [4.69, 9.17) is 4.74 Å². The minimum absolute atomic E-state index is 0.326. The first-order chi connectivity index (χ1) is 4.92. The van der Waals surface area contributed by atoms with E-state index in [-0.39, 0.29) is 0 Å². The molecule has 4 aliphatic carbocycles. The van der Waals surface area contributed by atoms with Crippen LogP contribution in [0.1, 0.15) is 12.8 Å². The van der Waals surface area contributed by atoms with Gasteiger partial charge in [0.05, 0.1) is 0 Å².